The van der Waals surface area contributed by atoms with Crippen LogP contribution in [0, 0.1) is 17.6 Å². The molecule has 1 aliphatic rings. The Balaban J connectivity index is 1.96. The quantitative estimate of drug-likeness (QED) is 0.666. The van der Waals surface area contributed by atoms with E-state index in [0.29, 0.717) is 29.2 Å². The van der Waals surface area contributed by atoms with Crippen LogP contribution in [-0.4, -0.2) is 41.5 Å². The van der Waals surface area contributed by atoms with E-state index in [1.807, 2.05) is 0 Å². The van der Waals surface area contributed by atoms with E-state index in [0.717, 1.165) is 24.6 Å². The monoisotopic (exact) mass is 450 g/mol. The molecule has 3 rings (SSSR count). The number of pyridine rings is 1. The molecule has 0 radical (unpaired) electrons. The molecule has 1 aromatic heterocycles. The average Bonchev–Trinajstić information content (AvgIpc) is 2.74. The minimum absolute atomic E-state index is 0.137. The number of likely N-dealkylation sites (tertiary alicyclic amines) is 1. The Bertz CT molecular complexity index is 952. The third-order valence-corrected chi connectivity index (χ3v) is 6.17. The molecule has 2 atom stereocenters. The predicted molar refractivity (Wildman–Crippen MR) is 118 cm³/mol. The number of hydrogen-bond acceptors (Lipinski definition) is 6. The SMILES string of the molecule is COc1c(C2CCN(C(C)(C)C)CC2C(=O)Nc2ccnc(SN)c2)ccc(F)c1F. The summed E-state index contributed by atoms with van der Waals surface area (Å²) in [5.41, 5.74) is 0.946. The Hall–Kier alpha value is -2.23. The third-order valence-electron chi connectivity index (χ3n) is 5.71. The van der Waals surface area contributed by atoms with Crippen molar-refractivity contribution in [3.05, 3.63) is 47.7 Å². The van der Waals surface area contributed by atoms with E-state index in [-0.39, 0.29) is 23.1 Å². The van der Waals surface area contributed by atoms with Crippen molar-refractivity contribution in [1.82, 2.24) is 9.88 Å². The molecule has 0 spiro atoms. The van der Waals surface area contributed by atoms with E-state index in [1.165, 1.54) is 13.2 Å². The number of anilines is 1. The molecule has 31 heavy (non-hydrogen) atoms. The summed E-state index contributed by atoms with van der Waals surface area (Å²) in [6.45, 7) is 7.48. The highest BCUT2D eigenvalue weighted by Gasteiger charge is 2.40. The van der Waals surface area contributed by atoms with E-state index in [4.69, 9.17) is 9.88 Å². The molecule has 0 bridgehead atoms. The Labute approximate surface area is 185 Å². The smallest absolute Gasteiger partial charge is 0.229 e. The van der Waals surface area contributed by atoms with Crippen LogP contribution in [0.15, 0.2) is 35.5 Å². The normalized spacial score (nSPS) is 19.8. The number of carbonyl (C=O) groups is 1. The molecule has 9 heteroatoms. The Morgan fingerprint density at radius 1 is 1.32 bits per heavy atom. The number of rotatable bonds is 5. The van der Waals surface area contributed by atoms with Crippen LogP contribution in [0.3, 0.4) is 0 Å². The number of nitrogens with one attached hydrogen (secondary N) is 1. The van der Waals surface area contributed by atoms with Crippen molar-refractivity contribution >= 4 is 23.5 Å². The second-order valence-corrected chi connectivity index (χ2v) is 9.25. The van der Waals surface area contributed by atoms with Crippen LogP contribution >= 0.6 is 11.9 Å². The zero-order chi connectivity index (χ0) is 22.8. The lowest BCUT2D eigenvalue weighted by Crippen LogP contribution is -2.52. The number of nitrogens with two attached hydrogens (primary N) is 1. The van der Waals surface area contributed by atoms with Gasteiger partial charge in [-0.05, 0) is 63.9 Å². The van der Waals surface area contributed by atoms with Crippen LogP contribution < -0.4 is 15.2 Å². The number of carbonyl (C=O) groups excluding carboxylic acids is 1. The Morgan fingerprint density at radius 3 is 2.71 bits per heavy atom. The predicted octanol–water partition coefficient (Wildman–Crippen LogP) is 4.18. The topological polar surface area (TPSA) is 80.5 Å². The summed E-state index contributed by atoms with van der Waals surface area (Å²) in [5, 5.41) is 9.09. The number of piperidine rings is 1. The molecule has 1 amide bonds. The summed E-state index contributed by atoms with van der Waals surface area (Å²) in [6, 6.07) is 5.99. The number of nitrogens with zero attached hydrogens (tertiary/aromatic N) is 2. The van der Waals surface area contributed by atoms with Gasteiger partial charge in [-0.2, -0.15) is 4.39 Å². The number of benzene rings is 1. The summed E-state index contributed by atoms with van der Waals surface area (Å²) in [4.78, 5) is 19.7. The maximum atomic E-state index is 14.4. The van der Waals surface area contributed by atoms with Crippen molar-refractivity contribution in [3.8, 4) is 5.75 Å². The van der Waals surface area contributed by atoms with Crippen molar-refractivity contribution in [3.63, 3.8) is 0 Å². The summed E-state index contributed by atoms with van der Waals surface area (Å²) >= 11 is 0.990. The second-order valence-electron chi connectivity index (χ2n) is 8.59. The van der Waals surface area contributed by atoms with E-state index in [2.05, 4.69) is 36.0 Å². The molecule has 1 aliphatic heterocycles. The summed E-state index contributed by atoms with van der Waals surface area (Å²) < 4.78 is 33.4. The first kappa shape index (κ1) is 23.4. The van der Waals surface area contributed by atoms with E-state index < -0.39 is 17.6 Å². The number of aromatic nitrogens is 1. The molecule has 0 saturated carbocycles. The largest absolute Gasteiger partial charge is 0.493 e. The lowest BCUT2D eigenvalue weighted by molar-refractivity contribution is -0.123. The first-order chi connectivity index (χ1) is 14.7. The highest BCUT2D eigenvalue weighted by Crippen LogP contribution is 2.41. The molecule has 3 N–H and O–H groups in total. The van der Waals surface area contributed by atoms with E-state index in [1.54, 1.807) is 18.3 Å². The molecular formula is C22H28F2N4O2S. The average molecular weight is 451 g/mol. The molecule has 1 saturated heterocycles. The third kappa shape index (κ3) is 5.16. The Morgan fingerprint density at radius 2 is 2.06 bits per heavy atom. The second kappa shape index (κ2) is 9.50. The maximum Gasteiger partial charge on any atom is 0.229 e. The Kier molecular flexibility index (Phi) is 7.18. The molecule has 1 fully saturated rings. The van der Waals surface area contributed by atoms with Gasteiger partial charge in [0.1, 0.15) is 5.03 Å². The van der Waals surface area contributed by atoms with Crippen LogP contribution in [-0.2, 0) is 4.79 Å². The van der Waals surface area contributed by atoms with Gasteiger partial charge in [-0.25, -0.2) is 9.37 Å². The van der Waals surface area contributed by atoms with Crippen molar-refractivity contribution in [1.29, 1.82) is 0 Å². The zero-order valence-electron chi connectivity index (χ0n) is 18.1. The van der Waals surface area contributed by atoms with E-state index >= 15 is 0 Å². The van der Waals surface area contributed by atoms with Gasteiger partial charge < -0.3 is 10.1 Å². The molecule has 6 nitrogen and oxygen atoms in total. The van der Waals surface area contributed by atoms with Gasteiger partial charge in [-0.3, -0.25) is 14.8 Å². The minimum Gasteiger partial charge on any atom is -0.493 e. The summed E-state index contributed by atoms with van der Waals surface area (Å²) in [7, 11) is 1.31. The summed E-state index contributed by atoms with van der Waals surface area (Å²) in [6.07, 6.45) is 2.18. The van der Waals surface area contributed by atoms with Crippen LogP contribution in [0.25, 0.3) is 0 Å². The van der Waals surface area contributed by atoms with Crippen LogP contribution in [0.2, 0.25) is 0 Å². The van der Waals surface area contributed by atoms with Gasteiger partial charge in [0.2, 0.25) is 11.7 Å². The van der Waals surface area contributed by atoms with Crippen molar-refractivity contribution in [2.24, 2.45) is 11.1 Å². The fraction of sp³-hybridized carbons (Fsp3) is 0.455. The lowest BCUT2D eigenvalue weighted by Gasteiger charge is -2.44. The van der Waals surface area contributed by atoms with Gasteiger partial charge in [0, 0.05) is 35.4 Å². The molecule has 2 heterocycles. The summed E-state index contributed by atoms with van der Waals surface area (Å²) in [5.74, 6) is -3.17. The molecule has 0 aliphatic carbocycles. The number of hydrogen-bond donors (Lipinski definition) is 2. The van der Waals surface area contributed by atoms with Gasteiger partial charge in [-0.1, -0.05) is 6.07 Å². The molecule has 1 aromatic carbocycles. The number of methoxy groups -OCH3 is 1. The van der Waals surface area contributed by atoms with Crippen molar-refractivity contribution in [2.75, 3.05) is 25.5 Å². The molecule has 168 valence electrons. The minimum atomic E-state index is -1.03. The van der Waals surface area contributed by atoms with Crippen LogP contribution in [0.5, 0.6) is 5.75 Å². The fourth-order valence-electron chi connectivity index (χ4n) is 4.03. The number of halogens is 2. The highest BCUT2D eigenvalue weighted by molar-refractivity contribution is 7.97. The number of ether oxygens (including phenoxy) is 1. The zero-order valence-corrected chi connectivity index (χ0v) is 18.9. The molecule has 2 aromatic rings. The van der Waals surface area contributed by atoms with Crippen LogP contribution in [0.4, 0.5) is 14.5 Å². The van der Waals surface area contributed by atoms with E-state index in [9.17, 15) is 13.6 Å². The lowest BCUT2D eigenvalue weighted by atomic mass is 9.78. The molecule has 2 unspecified atom stereocenters. The van der Waals surface area contributed by atoms with Crippen molar-refractivity contribution in [2.45, 2.75) is 43.7 Å². The number of amides is 1. The van der Waals surface area contributed by atoms with Gasteiger partial charge in [0.15, 0.2) is 11.6 Å². The fourth-order valence-corrected chi connectivity index (χ4v) is 4.35. The van der Waals surface area contributed by atoms with Gasteiger partial charge in [0.05, 0.1) is 13.0 Å². The standard InChI is InChI=1S/C22H28F2N4O2S/c1-22(2,3)28-10-8-14(15-5-6-17(23)19(24)20(15)30-4)16(12-28)21(29)27-13-7-9-26-18(11-13)31-25/h5-7,9,11,14,16H,8,10,12,25H2,1-4H3,(H,26,27,29). The first-order valence-electron chi connectivity index (χ1n) is 10.1. The van der Waals surface area contributed by atoms with Gasteiger partial charge in [-0.15, -0.1) is 0 Å². The van der Waals surface area contributed by atoms with Crippen molar-refractivity contribution < 1.29 is 18.3 Å². The van der Waals surface area contributed by atoms with Gasteiger partial charge in [0.25, 0.3) is 0 Å². The highest BCUT2D eigenvalue weighted by atomic mass is 32.2. The molecular weight excluding hydrogens is 422 g/mol. The maximum absolute atomic E-state index is 14.4. The van der Waals surface area contributed by atoms with Crippen LogP contribution in [0.1, 0.15) is 38.7 Å². The van der Waals surface area contributed by atoms with Gasteiger partial charge >= 0.3 is 0 Å². The first-order valence-corrected chi connectivity index (χ1v) is 10.9.